The number of nitrogens with one attached hydrogen (secondary N) is 1. The van der Waals surface area contributed by atoms with Gasteiger partial charge in [-0.2, -0.15) is 12.6 Å². The van der Waals surface area contributed by atoms with Crippen LogP contribution in [0.1, 0.15) is 0 Å². The Hall–Kier alpha value is 0.890. The van der Waals surface area contributed by atoms with E-state index in [-0.39, 0.29) is 5.91 Å². The third-order valence-corrected chi connectivity index (χ3v) is 10.2. The molecule has 0 fully saturated rings. The monoisotopic (exact) mass is 351 g/mol. The molecule has 0 spiro atoms. The Morgan fingerprint density at radius 1 is 1.56 bits per heavy atom. The first-order valence-electron chi connectivity index (χ1n) is 4.99. The van der Waals surface area contributed by atoms with Gasteiger partial charge in [0.2, 0.25) is 11.6 Å². The number of rotatable bonds is 9. The molecule has 0 aliphatic heterocycles. The topological polar surface area (TPSA) is 64.6 Å². The van der Waals surface area contributed by atoms with Gasteiger partial charge in [-0.3, -0.25) is 9.00 Å². The third-order valence-electron chi connectivity index (χ3n) is 1.98. The van der Waals surface area contributed by atoms with E-state index in [4.69, 9.17) is 20.9 Å². The van der Waals surface area contributed by atoms with Gasteiger partial charge in [0.05, 0.1) is 0 Å². The summed E-state index contributed by atoms with van der Waals surface area (Å²) in [4.78, 5) is 11.7. The van der Waals surface area contributed by atoms with E-state index in [9.17, 15) is 9.00 Å². The van der Waals surface area contributed by atoms with Crippen molar-refractivity contribution in [2.45, 2.75) is 5.25 Å². The van der Waals surface area contributed by atoms with Gasteiger partial charge in [-0.25, -0.2) is 0 Å². The number of carbonyl (C=O) groups is 1. The molecule has 2 atom stereocenters. The van der Waals surface area contributed by atoms with Gasteiger partial charge in [0.1, 0.15) is 5.25 Å². The fourth-order valence-electron chi connectivity index (χ4n) is 1.00. The third kappa shape index (κ3) is 6.36. The van der Waals surface area contributed by atoms with Gasteiger partial charge < -0.3 is 14.4 Å². The first-order valence-corrected chi connectivity index (χ1v) is 11.2. The highest BCUT2D eigenvalue weighted by molar-refractivity contribution is 8.68. The molecule has 5 nitrogen and oxygen atoms in total. The predicted octanol–water partition coefficient (Wildman–Crippen LogP) is 1.03. The standard InChI is InChI=1S/C8H18NO4PS4/c1-9-8(10)7(18(11)5-4-15)6-17-14(16,12-2)13-3/h7,15H,4-6H2,1-3H3,(H,9,10). The molecular weight excluding hydrogens is 333 g/mol. The number of amides is 1. The zero-order valence-electron chi connectivity index (χ0n) is 10.5. The largest absolute Gasteiger partial charge is 0.358 e. The van der Waals surface area contributed by atoms with Crippen molar-refractivity contribution in [3.63, 3.8) is 0 Å². The second kappa shape index (κ2) is 9.74. The van der Waals surface area contributed by atoms with Crippen LogP contribution in [-0.2, 0) is 36.4 Å². The van der Waals surface area contributed by atoms with E-state index in [1.165, 1.54) is 32.6 Å². The minimum absolute atomic E-state index is 0.267. The van der Waals surface area contributed by atoms with Crippen LogP contribution in [0.4, 0.5) is 0 Å². The Balaban J connectivity index is 4.66. The SMILES string of the molecule is CNC(=O)C(CSP(=S)(OC)OC)S(=O)CCS. The van der Waals surface area contributed by atoms with E-state index in [2.05, 4.69) is 17.9 Å². The summed E-state index contributed by atoms with van der Waals surface area (Å²) in [6.45, 7) is 0. The van der Waals surface area contributed by atoms with Gasteiger partial charge in [0.15, 0.2) is 0 Å². The maximum absolute atomic E-state index is 11.9. The molecule has 0 aliphatic rings. The lowest BCUT2D eigenvalue weighted by Gasteiger charge is -2.20. The molecule has 0 bridgehead atoms. The Kier molecular flexibility index (Phi) is 10.2. The van der Waals surface area contributed by atoms with Crippen LogP contribution in [0.5, 0.6) is 0 Å². The van der Waals surface area contributed by atoms with Gasteiger partial charge in [0, 0.05) is 49.3 Å². The maximum atomic E-state index is 11.9. The first-order chi connectivity index (χ1) is 8.44. The summed E-state index contributed by atoms with van der Waals surface area (Å²) in [5.41, 5.74) is -2.43. The summed E-state index contributed by atoms with van der Waals surface area (Å²) in [6.07, 6.45) is 0. The lowest BCUT2D eigenvalue weighted by atomic mass is 10.4. The maximum Gasteiger partial charge on any atom is 0.246 e. The molecule has 0 aromatic carbocycles. The van der Waals surface area contributed by atoms with Crippen LogP contribution in [0, 0.1) is 0 Å². The van der Waals surface area contributed by atoms with Crippen LogP contribution < -0.4 is 5.32 Å². The molecule has 0 aromatic rings. The molecule has 0 aromatic heterocycles. The van der Waals surface area contributed by atoms with Crippen molar-refractivity contribution in [2.75, 3.05) is 38.5 Å². The second-order valence-corrected chi connectivity index (χ2v) is 11.8. The fraction of sp³-hybridized carbons (Fsp3) is 0.875. The highest BCUT2D eigenvalue weighted by Gasteiger charge is 2.27. The molecule has 108 valence electrons. The number of hydrogen-bond donors (Lipinski definition) is 2. The summed E-state index contributed by atoms with van der Waals surface area (Å²) in [5.74, 6) is 0.869. The smallest absolute Gasteiger partial charge is 0.246 e. The molecule has 1 amide bonds. The lowest BCUT2D eigenvalue weighted by molar-refractivity contribution is -0.119. The van der Waals surface area contributed by atoms with Crippen LogP contribution in [0.25, 0.3) is 0 Å². The van der Waals surface area contributed by atoms with E-state index in [0.717, 1.165) is 0 Å². The van der Waals surface area contributed by atoms with E-state index in [1.807, 2.05) is 0 Å². The van der Waals surface area contributed by atoms with Crippen LogP contribution in [-0.4, -0.2) is 53.9 Å². The predicted molar refractivity (Wildman–Crippen MR) is 85.5 cm³/mol. The highest BCUT2D eigenvalue weighted by atomic mass is 32.9. The Morgan fingerprint density at radius 2 is 2.11 bits per heavy atom. The summed E-state index contributed by atoms with van der Waals surface area (Å²) in [7, 11) is 3.18. The summed E-state index contributed by atoms with van der Waals surface area (Å²) >= 11 is 10.4. The zero-order valence-corrected chi connectivity index (χ0v) is 14.7. The molecule has 2 unspecified atom stereocenters. The van der Waals surface area contributed by atoms with Gasteiger partial charge in [-0.05, 0) is 11.8 Å². The molecule has 10 heteroatoms. The molecule has 1 N–H and O–H groups in total. The van der Waals surface area contributed by atoms with Crippen LogP contribution in [0.3, 0.4) is 0 Å². The van der Waals surface area contributed by atoms with Crippen molar-refractivity contribution in [3.8, 4) is 0 Å². The molecule has 0 aliphatic carbocycles. The number of carbonyl (C=O) groups excluding carboxylic acids is 1. The molecule has 0 heterocycles. The minimum Gasteiger partial charge on any atom is -0.358 e. The first kappa shape index (κ1) is 18.9. The van der Waals surface area contributed by atoms with Gasteiger partial charge >= 0.3 is 0 Å². The lowest BCUT2D eigenvalue weighted by Crippen LogP contribution is -2.38. The quantitative estimate of drug-likeness (QED) is 0.478. The molecule has 18 heavy (non-hydrogen) atoms. The van der Waals surface area contributed by atoms with E-state index >= 15 is 0 Å². The van der Waals surface area contributed by atoms with Crippen molar-refractivity contribution in [2.24, 2.45) is 0 Å². The highest BCUT2D eigenvalue weighted by Crippen LogP contribution is 2.59. The summed E-state index contributed by atoms with van der Waals surface area (Å²) < 4.78 is 22.1. The van der Waals surface area contributed by atoms with E-state index in [0.29, 0.717) is 17.3 Å². The van der Waals surface area contributed by atoms with Gasteiger partial charge in [0.25, 0.3) is 0 Å². The Morgan fingerprint density at radius 3 is 2.50 bits per heavy atom. The summed E-state index contributed by atoms with van der Waals surface area (Å²) in [6, 6.07) is 0. The van der Waals surface area contributed by atoms with Gasteiger partial charge in [-0.1, -0.05) is 11.4 Å². The van der Waals surface area contributed by atoms with Crippen molar-refractivity contribution >= 4 is 58.2 Å². The minimum atomic E-state index is -2.43. The van der Waals surface area contributed by atoms with E-state index in [1.54, 1.807) is 0 Å². The Bertz CT molecular complexity index is 333. The fourth-order valence-corrected chi connectivity index (χ4v) is 6.48. The molecule has 0 radical (unpaired) electrons. The van der Waals surface area contributed by atoms with Crippen LogP contribution in [0.2, 0.25) is 0 Å². The van der Waals surface area contributed by atoms with Crippen molar-refractivity contribution in [3.05, 3.63) is 0 Å². The average molecular weight is 351 g/mol. The second-order valence-electron chi connectivity index (χ2n) is 3.02. The van der Waals surface area contributed by atoms with Crippen molar-refractivity contribution in [1.29, 1.82) is 0 Å². The molecule has 0 rings (SSSR count). The number of hydrogen-bond acceptors (Lipinski definition) is 7. The number of thiol groups is 1. The summed E-state index contributed by atoms with van der Waals surface area (Å²) in [5, 5.41) is 1.88. The molecule has 0 saturated heterocycles. The molecule has 0 saturated carbocycles. The van der Waals surface area contributed by atoms with Crippen molar-refractivity contribution < 1.29 is 18.1 Å². The average Bonchev–Trinajstić information content (AvgIpc) is 2.38. The van der Waals surface area contributed by atoms with Crippen LogP contribution >= 0.6 is 29.7 Å². The Labute approximate surface area is 125 Å². The van der Waals surface area contributed by atoms with Crippen LogP contribution in [0.15, 0.2) is 0 Å². The van der Waals surface area contributed by atoms with Crippen molar-refractivity contribution in [1.82, 2.24) is 5.32 Å². The van der Waals surface area contributed by atoms with Gasteiger partial charge in [-0.15, -0.1) is 0 Å². The zero-order chi connectivity index (χ0) is 14.2. The molecular formula is C8H18NO4PS4. The normalized spacial score (nSPS) is 15.1. The van der Waals surface area contributed by atoms with E-state index < -0.39 is 21.7 Å².